The molecule has 19 heavy (non-hydrogen) atoms. The minimum Gasteiger partial charge on any atom is -0.481 e. The molecule has 6 heteroatoms. The van der Waals surface area contributed by atoms with Gasteiger partial charge in [-0.2, -0.15) is 0 Å². The van der Waals surface area contributed by atoms with Gasteiger partial charge >= 0.3 is 5.97 Å². The monoisotopic (exact) mass is 281 g/mol. The standard InChI is InChI=1S/C13H15NO4S/c15-13(16)9-1-5-11(6-2-9)19-12-7-3-10(4-8-12)14(17)18/h3-4,7-9,11H,1-2,5-6H2,(H,15,16). The predicted molar refractivity (Wildman–Crippen MR) is 72.3 cm³/mol. The summed E-state index contributed by atoms with van der Waals surface area (Å²) < 4.78 is 0. The van der Waals surface area contributed by atoms with Gasteiger partial charge in [-0.25, -0.2) is 0 Å². The maximum absolute atomic E-state index is 10.9. The number of benzene rings is 1. The van der Waals surface area contributed by atoms with Gasteiger partial charge in [0.05, 0.1) is 10.8 Å². The van der Waals surface area contributed by atoms with Gasteiger partial charge in [0.25, 0.3) is 5.69 Å². The van der Waals surface area contributed by atoms with Crippen LogP contribution in [0, 0.1) is 16.0 Å². The average molecular weight is 281 g/mol. The molecule has 1 aromatic rings. The van der Waals surface area contributed by atoms with Crippen molar-refractivity contribution >= 4 is 23.4 Å². The number of nitro groups is 1. The molecule has 1 fully saturated rings. The summed E-state index contributed by atoms with van der Waals surface area (Å²) in [5, 5.41) is 19.9. The Balaban J connectivity index is 1.88. The predicted octanol–water partition coefficient (Wildman–Crippen LogP) is 3.33. The molecule has 1 aliphatic carbocycles. The molecule has 0 aromatic heterocycles. The number of non-ortho nitro benzene ring substituents is 1. The Morgan fingerprint density at radius 3 is 2.26 bits per heavy atom. The zero-order valence-electron chi connectivity index (χ0n) is 10.3. The molecule has 0 atom stereocenters. The highest BCUT2D eigenvalue weighted by atomic mass is 32.2. The van der Waals surface area contributed by atoms with Gasteiger partial charge in [-0.15, -0.1) is 11.8 Å². The van der Waals surface area contributed by atoms with Crippen molar-refractivity contribution in [3.63, 3.8) is 0 Å². The Labute approximate surface area is 115 Å². The minimum absolute atomic E-state index is 0.0962. The first-order chi connectivity index (χ1) is 9.06. The fourth-order valence-electron chi connectivity index (χ4n) is 2.27. The first kappa shape index (κ1) is 13.9. The van der Waals surface area contributed by atoms with E-state index < -0.39 is 10.9 Å². The van der Waals surface area contributed by atoms with Crippen molar-refractivity contribution in [2.24, 2.45) is 5.92 Å². The van der Waals surface area contributed by atoms with Crippen LogP contribution in [-0.4, -0.2) is 21.2 Å². The van der Waals surface area contributed by atoms with Crippen molar-refractivity contribution in [3.8, 4) is 0 Å². The maximum Gasteiger partial charge on any atom is 0.306 e. The molecule has 5 nitrogen and oxygen atoms in total. The summed E-state index contributed by atoms with van der Waals surface area (Å²) in [6, 6.07) is 6.52. The van der Waals surface area contributed by atoms with E-state index in [4.69, 9.17) is 5.11 Å². The molecular weight excluding hydrogens is 266 g/mol. The lowest BCUT2D eigenvalue weighted by atomic mass is 9.89. The molecule has 1 saturated carbocycles. The van der Waals surface area contributed by atoms with Gasteiger partial charge in [0.1, 0.15) is 0 Å². The van der Waals surface area contributed by atoms with E-state index in [1.165, 1.54) is 12.1 Å². The molecule has 0 amide bonds. The lowest BCUT2D eigenvalue weighted by Crippen LogP contribution is -2.22. The molecule has 2 rings (SSSR count). The highest BCUT2D eigenvalue weighted by Crippen LogP contribution is 2.36. The number of rotatable bonds is 4. The molecule has 102 valence electrons. The second kappa shape index (κ2) is 6.06. The fraction of sp³-hybridized carbons (Fsp3) is 0.462. The van der Waals surface area contributed by atoms with Gasteiger partial charge in [-0.3, -0.25) is 14.9 Å². The molecule has 0 spiro atoms. The maximum atomic E-state index is 10.9. The average Bonchev–Trinajstić information content (AvgIpc) is 2.40. The molecule has 0 saturated heterocycles. The first-order valence-corrected chi connectivity index (χ1v) is 7.08. The number of carboxylic acid groups (broad SMARTS) is 1. The molecule has 1 N–H and O–H groups in total. The van der Waals surface area contributed by atoms with Crippen LogP contribution in [-0.2, 0) is 4.79 Å². The second-order valence-corrected chi connectivity index (χ2v) is 6.05. The Bertz CT molecular complexity index is 466. The number of hydrogen-bond donors (Lipinski definition) is 1. The molecule has 0 aliphatic heterocycles. The van der Waals surface area contributed by atoms with Crippen LogP contribution < -0.4 is 0 Å². The summed E-state index contributed by atoms with van der Waals surface area (Å²) in [6.45, 7) is 0. The van der Waals surface area contributed by atoms with E-state index in [2.05, 4.69) is 0 Å². The zero-order chi connectivity index (χ0) is 13.8. The van der Waals surface area contributed by atoms with Crippen molar-refractivity contribution in [3.05, 3.63) is 34.4 Å². The topological polar surface area (TPSA) is 80.4 Å². The molecule has 0 bridgehead atoms. The van der Waals surface area contributed by atoms with E-state index in [1.807, 2.05) is 0 Å². The van der Waals surface area contributed by atoms with Crippen molar-refractivity contribution in [1.29, 1.82) is 0 Å². The highest BCUT2D eigenvalue weighted by molar-refractivity contribution is 8.00. The highest BCUT2D eigenvalue weighted by Gasteiger charge is 2.26. The summed E-state index contributed by atoms with van der Waals surface area (Å²) in [7, 11) is 0. The van der Waals surface area contributed by atoms with E-state index in [9.17, 15) is 14.9 Å². The fourth-order valence-corrected chi connectivity index (χ4v) is 3.45. The smallest absolute Gasteiger partial charge is 0.306 e. The van der Waals surface area contributed by atoms with Crippen LogP contribution in [0.3, 0.4) is 0 Å². The third kappa shape index (κ3) is 3.70. The summed E-state index contributed by atoms with van der Waals surface area (Å²) >= 11 is 1.68. The lowest BCUT2D eigenvalue weighted by molar-refractivity contribution is -0.384. The number of thioether (sulfide) groups is 1. The Hall–Kier alpha value is -1.56. The third-order valence-corrected chi connectivity index (χ3v) is 4.72. The summed E-state index contributed by atoms with van der Waals surface area (Å²) in [6.07, 6.45) is 3.22. The number of carboxylic acids is 1. The normalized spacial score (nSPS) is 22.9. The number of nitrogens with zero attached hydrogens (tertiary/aromatic N) is 1. The quantitative estimate of drug-likeness (QED) is 0.676. The van der Waals surface area contributed by atoms with Crippen LogP contribution in [0.2, 0.25) is 0 Å². The van der Waals surface area contributed by atoms with Crippen molar-refractivity contribution in [1.82, 2.24) is 0 Å². The molecule has 0 radical (unpaired) electrons. The van der Waals surface area contributed by atoms with Gasteiger partial charge in [-0.1, -0.05) is 0 Å². The third-order valence-electron chi connectivity index (χ3n) is 3.37. The Morgan fingerprint density at radius 1 is 1.21 bits per heavy atom. The zero-order valence-corrected chi connectivity index (χ0v) is 11.1. The molecule has 0 unspecified atom stereocenters. The van der Waals surface area contributed by atoms with E-state index in [1.54, 1.807) is 23.9 Å². The molecule has 1 aromatic carbocycles. The van der Waals surface area contributed by atoms with Crippen LogP contribution in [0.4, 0.5) is 5.69 Å². The van der Waals surface area contributed by atoms with E-state index in [0.717, 1.165) is 30.6 Å². The summed E-state index contributed by atoms with van der Waals surface area (Å²) in [4.78, 5) is 22.0. The number of aliphatic carboxylic acids is 1. The van der Waals surface area contributed by atoms with Gasteiger partial charge in [-0.05, 0) is 37.8 Å². The SMILES string of the molecule is O=C(O)C1CCC(Sc2ccc([N+](=O)[O-])cc2)CC1. The number of nitro benzene ring substituents is 1. The number of carbonyl (C=O) groups is 1. The van der Waals surface area contributed by atoms with E-state index in [-0.39, 0.29) is 11.6 Å². The van der Waals surface area contributed by atoms with Crippen LogP contribution >= 0.6 is 11.8 Å². The van der Waals surface area contributed by atoms with Crippen LogP contribution in [0.5, 0.6) is 0 Å². The largest absolute Gasteiger partial charge is 0.481 e. The van der Waals surface area contributed by atoms with Crippen molar-refractivity contribution in [2.75, 3.05) is 0 Å². The van der Waals surface area contributed by atoms with Gasteiger partial charge in [0.15, 0.2) is 0 Å². The minimum atomic E-state index is -0.696. The van der Waals surface area contributed by atoms with Crippen molar-refractivity contribution < 1.29 is 14.8 Å². The van der Waals surface area contributed by atoms with Crippen LogP contribution in [0.25, 0.3) is 0 Å². The molecular formula is C13H15NO4S. The van der Waals surface area contributed by atoms with Crippen molar-refractivity contribution in [2.45, 2.75) is 35.8 Å². The van der Waals surface area contributed by atoms with E-state index in [0.29, 0.717) is 5.25 Å². The van der Waals surface area contributed by atoms with E-state index >= 15 is 0 Å². The van der Waals surface area contributed by atoms with Gasteiger partial charge < -0.3 is 5.11 Å². The second-order valence-electron chi connectivity index (χ2n) is 4.68. The van der Waals surface area contributed by atoms with Gasteiger partial charge in [0.2, 0.25) is 0 Å². The van der Waals surface area contributed by atoms with Crippen LogP contribution in [0.1, 0.15) is 25.7 Å². The summed E-state index contributed by atoms with van der Waals surface area (Å²) in [5.74, 6) is -0.896. The number of hydrogen-bond acceptors (Lipinski definition) is 4. The van der Waals surface area contributed by atoms with Crippen LogP contribution in [0.15, 0.2) is 29.2 Å². The molecule has 0 heterocycles. The lowest BCUT2D eigenvalue weighted by Gasteiger charge is -2.25. The Kier molecular flexibility index (Phi) is 4.42. The summed E-state index contributed by atoms with van der Waals surface area (Å²) in [5.41, 5.74) is 0.0962. The molecule has 1 aliphatic rings. The Morgan fingerprint density at radius 2 is 1.79 bits per heavy atom. The first-order valence-electron chi connectivity index (χ1n) is 6.20. The van der Waals surface area contributed by atoms with Gasteiger partial charge in [0, 0.05) is 22.3 Å².